The van der Waals surface area contributed by atoms with Crippen molar-refractivity contribution in [3.8, 4) is 11.5 Å². The Labute approximate surface area is 138 Å². The molecule has 23 heavy (non-hydrogen) atoms. The van der Waals surface area contributed by atoms with Crippen molar-refractivity contribution >= 4 is 12.0 Å². The van der Waals surface area contributed by atoms with Gasteiger partial charge in [-0.3, -0.25) is 4.79 Å². The molecule has 0 saturated heterocycles. The summed E-state index contributed by atoms with van der Waals surface area (Å²) in [5.74, 6) is 1.63. The third kappa shape index (κ3) is 5.02. The van der Waals surface area contributed by atoms with E-state index in [1.165, 1.54) is 5.56 Å². The van der Waals surface area contributed by atoms with Crippen LogP contribution in [-0.4, -0.2) is 25.2 Å². The Bertz CT molecular complexity index is 566. The number of unbranched alkanes of at least 4 members (excludes halogenated alkanes) is 2. The minimum absolute atomic E-state index is 0.0710. The average Bonchev–Trinajstić information content (AvgIpc) is 2.88. The molecule has 0 spiro atoms. The van der Waals surface area contributed by atoms with Crippen LogP contribution in [0.5, 0.6) is 11.5 Å². The minimum Gasteiger partial charge on any atom is -0.493 e. The van der Waals surface area contributed by atoms with E-state index in [2.05, 4.69) is 19.2 Å². The highest BCUT2D eigenvalue weighted by Crippen LogP contribution is 2.35. The highest BCUT2D eigenvalue weighted by atomic mass is 16.5. The fraction of sp³-hybridized carbons (Fsp3) is 0.526. The monoisotopic (exact) mass is 317 g/mol. The first-order valence-electron chi connectivity index (χ1n) is 8.56. The molecule has 1 aromatic carbocycles. The molecule has 1 atom stereocenters. The lowest BCUT2D eigenvalue weighted by atomic mass is 10.1. The van der Waals surface area contributed by atoms with Gasteiger partial charge in [0.15, 0.2) is 0 Å². The number of ether oxygens (including phenoxy) is 2. The van der Waals surface area contributed by atoms with Crippen molar-refractivity contribution in [2.24, 2.45) is 0 Å². The Morgan fingerprint density at radius 3 is 2.96 bits per heavy atom. The highest BCUT2D eigenvalue weighted by Gasteiger charge is 2.21. The Morgan fingerprint density at radius 1 is 1.39 bits per heavy atom. The molecular formula is C19H27NO3. The van der Waals surface area contributed by atoms with Gasteiger partial charge in [-0.2, -0.15) is 0 Å². The van der Waals surface area contributed by atoms with Gasteiger partial charge < -0.3 is 14.8 Å². The van der Waals surface area contributed by atoms with Gasteiger partial charge in [0.1, 0.15) is 17.6 Å². The SMILES string of the molecule is CCCCCNC(=O)/C=C/c1cc2c(cc1OCC)CC(C)O2. The summed E-state index contributed by atoms with van der Waals surface area (Å²) in [6, 6.07) is 3.99. The number of benzene rings is 1. The van der Waals surface area contributed by atoms with E-state index in [0.717, 1.165) is 49.3 Å². The molecule has 0 fully saturated rings. The van der Waals surface area contributed by atoms with Crippen LogP contribution < -0.4 is 14.8 Å². The first-order chi connectivity index (χ1) is 11.1. The molecule has 0 radical (unpaired) electrons. The Kier molecular flexibility index (Phi) is 6.51. The van der Waals surface area contributed by atoms with Gasteiger partial charge in [-0.1, -0.05) is 19.8 Å². The van der Waals surface area contributed by atoms with Gasteiger partial charge in [0, 0.05) is 30.2 Å². The first-order valence-corrected chi connectivity index (χ1v) is 8.56. The molecule has 0 aliphatic carbocycles. The van der Waals surface area contributed by atoms with Gasteiger partial charge in [0.05, 0.1) is 6.61 Å². The van der Waals surface area contributed by atoms with E-state index in [0.29, 0.717) is 6.61 Å². The van der Waals surface area contributed by atoms with E-state index >= 15 is 0 Å². The molecule has 1 heterocycles. The Morgan fingerprint density at radius 2 is 2.22 bits per heavy atom. The second kappa shape index (κ2) is 8.61. The molecule has 4 nitrogen and oxygen atoms in total. The molecule has 1 N–H and O–H groups in total. The maximum atomic E-state index is 11.9. The van der Waals surface area contributed by atoms with E-state index < -0.39 is 0 Å². The number of amides is 1. The van der Waals surface area contributed by atoms with Crippen molar-refractivity contribution in [1.29, 1.82) is 0 Å². The fourth-order valence-corrected chi connectivity index (χ4v) is 2.68. The van der Waals surface area contributed by atoms with E-state index in [9.17, 15) is 4.79 Å². The molecule has 0 aromatic heterocycles. The standard InChI is InChI=1S/C19H27NO3/c1-4-6-7-10-20-19(21)9-8-15-12-18-16(11-14(3)23-18)13-17(15)22-5-2/h8-9,12-14H,4-7,10-11H2,1-3H3,(H,20,21)/b9-8+. The molecule has 0 bridgehead atoms. The quantitative estimate of drug-likeness (QED) is 0.587. The van der Waals surface area contributed by atoms with Crippen molar-refractivity contribution in [3.63, 3.8) is 0 Å². The fourth-order valence-electron chi connectivity index (χ4n) is 2.68. The van der Waals surface area contributed by atoms with Crippen LogP contribution in [0.25, 0.3) is 6.08 Å². The summed E-state index contributed by atoms with van der Waals surface area (Å²) in [6.07, 6.45) is 7.76. The van der Waals surface area contributed by atoms with E-state index in [1.54, 1.807) is 12.2 Å². The summed E-state index contributed by atoms with van der Waals surface area (Å²) in [6.45, 7) is 7.48. The number of carbonyl (C=O) groups is 1. The second-order valence-corrected chi connectivity index (χ2v) is 5.89. The predicted octanol–water partition coefficient (Wildman–Crippen LogP) is 3.73. The van der Waals surface area contributed by atoms with Crippen LogP contribution in [-0.2, 0) is 11.2 Å². The molecule has 126 valence electrons. The smallest absolute Gasteiger partial charge is 0.244 e. The van der Waals surface area contributed by atoms with Gasteiger partial charge in [0.2, 0.25) is 5.91 Å². The molecule has 1 aliphatic heterocycles. The van der Waals surface area contributed by atoms with Crippen LogP contribution in [0.15, 0.2) is 18.2 Å². The van der Waals surface area contributed by atoms with Crippen LogP contribution in [0.2, 0.25) is 0 Å². The summed E-state index contributed by atoms with van der Waals surface area (Å²) in [5, 5.41) is 2.90. The van der Waals surface area contributed by atoms with Crippen molar-refractivity contribution < 1.29 is 14.3 Å². The number of hydrogen-bond acceptors (Lipinski definition) is 3. The maximum absolute atomic E-state index is 11.9. The third-order valence-corrected chi connectivity index (χ3v) is 3.82. The Hall–Kier alpha value is -1.97. The van der Waals surface area contributed by atoms with E-state index in [4.69, 9.17) is 9.47 Å². The van der Waals surface area contributed by atoms with Crippen molar-refractivity contribution in [1.82, 2.24) is 5.32 Å². The maximum Gasteiger partial charge on any atom is 0.244 e. The zero-order valence-electron chi connectivity index (χ0n) is 14.4. The predicted molar refractivity (Wildman–Crippen MR) is 93.0 cm³/mol. The molecular weight excluding hydrogens is 290 g/mol. The summed E-state index contributed by atoms with van der Waals surface area (Å²) < 4.78 is 11.5. The highest BCUT2D eigenvalue weighted by molar-refractivity contribution is 5.92. The first kappa shape index (κ1) is 17.4. The molecule has 1 aromatic rings. The zero-order chi connectivity index (χ0) is 16.7. The minimum atomic E-state index is -0.0710. The summed E-state index contributed by atoms with van der Waals surface area (Å²) in [7, 11) is 0. The van der Waals surface area contributed by atoms with Crippen LogP contribution >= 0.6 is 0 Å². The molecule has 0 saturated carbocycles. The van der Waals surface area contributed by atoms with Gasteiger partial charge in [0.25, 0.3) is 0 Å². The van der Waals surface area contributed by atoms with E-state index in [-0.39, 0.29) is 12.0 Å². The number of nitrogens with one attached hydrogen (secondary N) is 1. The molecule has 1 amide bonds. The lowest BCUT2D eigenvalue weighted by Crippen LogP contribution is -2.21. The number of fused-ring (bicyclic) bond motifs is 1. The average molecular weight is 317 g/mol. The van der Waals surface area contributed by atoms with Crippen molar-refractivity contribution in [2.75, 3.05) is 13.2 Å². The third-order valence-electron chi connectivity index (χ3n) is 3.82. The summed E-state index contributed by atoms with van der Waals surface area (Å²) in [5.41, 5.74) is 2.05. The lowest BCUT2D eigenvalue weighted by molar-refractivity contribution is -0.116. The van der Waals surface area contributed by atoms with Crippen LogP contribution in [0.4, 0.5) is 0 Å². The molecule has 1 aliphatic rings. The van der Waals surface area contributed by atoms with Gasteiger partial charge in [-0.05, 0) is 38.5 Å². The topological polar surface area (TPSA) is 47.6 Å². The number of rotatable bonds is 8. The van der Waals surface area contributed by atoms with Crippen LogP contribution in [0.1, 0.15) is 51.2 Å². The lowest BCUT2D eigenvalue weighted by Gasteiger charge is -2.10. The molecule has 2 rings (SSSR count). The zero-order valence-corrected chi connectivity index (χ0v) is 14.4. The molecule has 4 heteroatoms. The number of carbonyl (C=O) groups excluding carboxylic acids is 1. The van der Waals surface area contributed by atoms with Crippen LogP contribution in [0.3, 0.4) is 0 Å². The Balaban J connectivity index is 2.04. The van der Waals surface area contributed by atoms with Gasteiger partial charge in [-0.15, -0.1) is 0 Å². The second-order valence-electron chi connectivity index (χ2n) is 5.89. The largest absolute Gasteiger partial charge is 0.493 e. The van der Waals surface area contributed by atoms with E-state index in [1.807, 2.05) is 19.1 Å². The van der Waals surface area contributed by atoms with Gasteiger partial charge in [-0.25, -0.2) is 0 Å². The van der Waals surface area contributed by atoms with Crippen molar-refractivity contribution in [3.05, 3.63) is 29.3 Å². The van der Waals surface area contributed by atoms with Crippen LogP contribution in [0, 0.1) is 0 Å². The normalized spacial score (nSPS) is 16.2. The molecule has 1 unspecified atom stereocenters. The summed E-state index contributed by atoms with van der Waals surface area (Å²) >= 11 is 0. The van der Waals surface area contributed by atoms with Gasteiger partial charge >= 0.3 is 0 Å². The summed E-state index contributed by atoms with van der Waals surface area (Å²) in [4.78, 5) is 11.9. The number of hydrogen-bond donors (Lipinski definition) is 1. The van der Waals surface area contributed by atoms with Crippen molar-refractivity contribution in [2.45, 2.75) is 52.6 Å².